The van der Waals surface area contributed by atoms with Crippen LogP contribution in [0.15, 0.2) is 48.8 Å². The lowest BCUT2D eigenvalue weighted by atomic mass is 9.96. The number of halogens is 1. The van der Waals surface area contributed by atoms with E-state index in [0.29, 0.717) is 41.7 Å². The smallest absolute Gasteiger partial charge is 0.254 e. The Kier molecular flexibility index (Phi) is 5.82. The van der Waals surface area contributed by atoms with Gasteiger partial charge in [-0.1, -0.05) is 12.1 Å². The van der Waals surface area contributed by atoms with E-state index in [1.807, 2.05) is 22.6 Å². The van der Waals surface area contributed by atoms with Crippen LogP contribution in [0.3, 0.4) is 0 Å². The SMILES string of the molecule is O=C1NCc2c(-c3cnc4cc(F)ccn34)ccc(Nc3ccc(C4CCOC4)c(CNCC4CC4)n3)c21. The van der Waals surface area contributed by atoms with Crippen molar-refractivity contribution >= 4 is 23.1 Å². The number of hydrogen-bond acceptors (Lipinski definition) is 6. The summed E-state index contributed by atoms with van der Waals surface area (Å²) in [7, 11) is 0. The molecule has 7 rings (SSSR count). The fourth-order valence-electron chi connectivity index (χ4n) is 5.58. The lowest BCUT2D eigenvalue weighted by Gasteiger charge is -2.17. The number of hydrogen-bond donors (Lipinski definition) is 3. The molecular formula is C29H29FN6O2. The number of carbonyl (C=O) groups is 1. The maximum absolute atomic E-state index is 13.7. The van der Waals surface area contributed by atoms with Gasteiger partial charge in [-0.15, -0.1) is 0 Å². The average Bonchev–Trinajstić information content (AvgIpc) is 3.27. The van der Waals surface area contributed by atoms with Crippen LogP contribution in [0.25, 0.3) is 16.9 Å². The number of nitrogens with one attached hydrogen (secondary N) is 3. The fourth-order valence-corrected chi connectivity index (χ4v) is 5.58. The Balaban J connectivity index is 1.22. The molecule has 1 saturated carbocycles. The standard InChI is InChI=1S/C29H29FN6O2/c30-19-7-9-36-25(15-32-27(36)11-19)21-3-5-23(28-22(21)13-33-29(28)37)34-26-6-4-20(18-8-10-38-16-18)24(35-26)14-31-12-17-1-2-17/h3-7,9,11,15,17-18,31H,1-2,8,10,12-14,16H2,(H,33,37)(H,34,35). The Bertz CT molecular complexity index is 1540. The van der Waals surface area contributed by atoms with Crippen molar-refractivity contribution in [3.8, 4) is 11.3 Å². The highest BCUT2D eigenvalue weighted by Crippen LogP contribution is 2.36. The van der Waals surface area contributed by atoms with Crippen molar-refractivity contribution in [2.75, 3.05) is 25.1 Å². The first-order chi connectivity index (χ1) is 18.6. The van der Waals surface area contributed by atoms with Gasteiger partial charge in [0.1, 0.15) is 17.3 Å². The number of ether oxygens (including phenoxy) is 1. The van der Waals surface area contributed by atoms with Gasteiger partial charge in [0, 0.05) is 43.4 Å². The summed E-state index contributed by atoms with van der Waals surface area (Å²) in [5.74, 6) is 1.40. The van der Waals surface area contributed by atoms with Gasteiger partial charge in [-0.2, -0.15) is 0 Å². The van der Waals surface area contributed by atoms with Gasteiger partial charge in [-0.25, -0.2) is 14.4 Å². The number of rotatable bonds is 8. The van der Waals surface area contributed by atoms with Crippen LogP contribution < -0.4 is 16.0 Å². The molecule has 1 atom stereocenters. The van der Waals surface area contributed by atoms with E-state index in [1.54, 1.807) is 12.4 Å². The van der Waals surface area contributed by atoms with E-state index < -0.39 is 0 Å². The first-order valence-corrected chi connectivity index (χ1v) is 13.3. The van der Waals surface area contributed by atoms with E-state index >= 15 is 0 Å². The molecule has 3 N–H and O–H groups in total. The predicted octanol–water partition coefficient (Wildman–Crippen LogP) is 4.53. The summed E-state index contributed by atoms with van der Waals surface area (Å²) >= 11 is 0. The van der Waals surface area contributed by atoms with E-state index in [4.69, 9.17) is 9.72 Å². The lowest BCUT2D eigenvalue weighted by molar-refractivity contribution is 0.0966. The van der Waals surface area contributed by atoms with Crippen LogP contribution in [0, 0.1) is 11.7 Å². The second-order valence-electron chi connectivity index (χ2n) is 10.4. The molecule has 1 aromatic carbocycles. The van der Waals surface area contributed by atoms with Crippen LogP contribution in [-0.4, -0.2) is 40.0 Å². The topological polar surface area (TPSA) is 92.6 Å². The second-order valence-corrected chi connectivity index (χ2v) is 10.4. The van der Waals surface area contributed by atoms with E-state index in [9.17, 15) is 9.18 Å². The summed E-state index contributed by atoms with van der Waals surface area (Å²) in [5, 5.41) is 9.96. The third-order valence-corrected chi connectivity index (χ3v) is 7.78. The van der Waals surface area contributed by atoms with Crippen molar-refractivity contribution in [2.45, 2.75) is 38.3 Å². The minimum atomic E-state index is -0.336. The molecule has 194 valence electrons. The highest BCUT2D eigenvalue weighted by molar-refractivity contribution is 6.06. The number of imidazole rings is 1. The maximum Gasteiger partial charge on any atom is 0.254 e. The van der Waals surface area contributed by atoms with Gasteiger partial charge in [0.2, 0.25) is 0 Å². The molecule has 0 spiro atoms. The highest BCUT2D eigenvalue weighted by Gasteiger charge is 2.28. The maximum atomic E-state index is 13.7. The van der Waals surface area contributed by atoms with Gasteiger partial charge >= 0.3 is 0 Å². The molecule has 2 fully saturated rings. The fraction of sp³-hybridized carbons (Fsp3) is 0.345. The van der Waals surface area contributed by atoms with Crippen molar-refractivity contribution in [1.29, 1.82) is 0 Å². The Morgan fingerprint density at radius 2 is 2.08 bits per heavy atom. The Labute approximate surface area is 219 Å². The average molecular weight is 513 g/mol. The molecule has 38 heavy (non-hydrogen) atoms. The van der Waals surface area contributed by atoms with E-state index in [2.05, 4.69) is 27.0 Å². The normalized spacial score (nSPS) is 18.7. The molecule has 8 nitrogen and oxygen atoms in total. The number of benzene rings is 1. The van der Waals surface area contributed by atoms with Gasteiger partial charge in [-0.05, 0) is 61.1 Å². The molecule has 5 heterocycles. The summed E-state index contributed by atoms with van der Waals surface area (Å²) < 4.78 is 21.2. The van der Waals surface area contributed by atoms with Crippen molar-refractivity contribution in [3.63, 3.8) is 0 Å². The summed E-state index contributed by atoms with van der Waals surface area (Å²) in [5.41, 5.74) is 6.68. The zero-order valence-electron chi connectivity index (χ0n) is 21.0. The molecule has 2 aliphatic heterocycles. The van der Waals surface area contributed by atoms with E-state index in [1.165, 1.54) is 30.5 Å². The number of fused-ring (bicyclic) bond motifs is 2. The zero-order chi connectivity index (χ0) is 25.6. The largest absolute Gasteiger partial charge is 0.381 e. The monoisotopic (exact) mass is 512 g/mol. The van der Waals surface area contributed by atoms with Crippen molar-refractivity contribution in [1.82, 2.24) is 25.0 Å². The highest BCUT2D eigenvalue weighted by atomic mass is 19.1. The van der Waals surface area contributed by atoms with Gasteiger partial charge in [-0.3, -0.25) is 9.20 Å². The third-order valence-electron chi connectivity index (χ3n) is 7.78. The van der Waals surface area contributed by atoms with Gasteiger partial charge in [0.05, 0.1) is 35.4 Å². The zero-order valence-corrected chi connectivity index (χ0v) is 21.0. The molecule has 0 bridgehead atoms. The number of aromatic nitrogens is 3. The van der Waals surface area contributed by atoms with Crippen LogP contribution in [0.4, 0.5) is 15.9 Å². The minimum absolute atomic E-state index is 0.129. The Hall–Kier alpha value is -3.82. The molecule has 4 aromatic rings. The molecular weight excluding hydrogens is 483 g/mol. The quantitative estimate of drug-likeness (QED) is 0.321. The van der Waals surface area contributed by atoms with Gasteiger partial charge in [0.25, 0.3) is 5.91 Å². The molecule has 1 unspecified atom stereocenters. The van der Waals surface area contributed by atoms with Crippen molar-refractivity contribution < 1.29 is 13.9 Å². The molecule has 3 aliphatic rings. The van der Waals surface area contributed by atoms with Crippen LogP contribution in [-0.2, 0) is 17.8 Å². The van der Waals surface area contributed by atoms with Crippen molar-refractivity contribution in [2.24, 2.45) is 5.92 Å². The van der Waals surface area contributed by atoms with E-state index in [0.717, 1.165) is 54.6 Å². The predicted molar refractivity (Wildman–Crippen MR) is 142 cm³/mol. The molecule has 1 amide bonds. The third kappa shape index (κ3) is 4.31. The second kappa shape index (κ2) is 9.49. The number of anilines is 2. The van der Waals surface area contributed by atoms with Crippen LogP contribution >= 0.6 is 0 Å². The number of carbonyl (C=O) groups excluding carboxylic acids is 1. The van der Waals surface area contributed by atoms with Crippen LogP contribution in [0.5, 0.6) is 0 Å². The van der Waals surface area contributed by atoms with Crippen LogP contribution in [0.2, 0.25) is 0 Å². The number of pyridine rings is 2. The molecule has 3 aromatic heterocycles. The number of amides is 1. The van der Waals surface area contributed by atoms with Crippen LogP contribution in [0.1, 0.15) is 52.4 Å². The molecule has 0 radical (unpaired) electrons. The Morgan fingerprint density at radius 1 is 1.16 bits per heavy atom. The first-order valence-electron chi connectivity index (χ1n) is 13.3. The summed E-state index contributed by atoms with van der Waals surface area (Å²) in [6, 6.07) is 10.8. The van der Waals surface area contributed by atoms with Gasteiger partial charge in [0.15, 0.2) is 0 Å². The number of nitrogens with zero attached hydrogens (tertiary/aromatic N) is 3. The molecule has 1 aliphatic carbocycles. The van der Waals surface area contributed by atoms with Crippen molar-refractivity contribution in [3.05, 3.63) is 77.0 Å². The van der Waals surface area contributed by atoms with E-state index in [-0.39, 0.29) is 11.7 Å². The lowest BCUT2D eigenvalue weighted by Crippen LogP contribution is -2.19. The van der Waals surface area contributed by atoms with Gasteiger partial charge < -0.3 is 20.7 Å². The Morgan fingerprint density at radius 3 is 2.92 bits per heavy atom. The summed E-state index contributed by atoms with van der Waals surface area (Å²) in [6.45, 7) is 3.66. The minimum Gasteiger partial charge on any atom is -0.381 e. The molecule has 1 saturated heterocycles. The first kappa shape index (κ1) is 23.3. The molecule has 9 heteroatoms. The summed E-state index contributed by atoms with van der Waals surface area (Å²) in [6.07, 6.45) is 7.00. The summed E-state index contributed by atoms with van der Waals surface area (Å²) in [4.78, 5) is 22.3.